The van der Waals surface area contributed by atoms with Crippen molar-refractivity contribution in [3.05, 3.63) is 33.8 Å². The molecule has 1 atom stereocenters. The van der Waals surface area contributed by atoms with E-state index in [0.717, 1.165) is 0 Å². The van der Waals surface area contributed by atoms with Crippen molar-refractivity contribution in [2.45, 2.75) is 27.2 Å². The minimum Gasteiger partial charge on any atom is -0.335 e. The van der Waals surface area contributed by atoms with Gasteiger partial charge in [-0.3, -0.25) is 9.59 Å². The number of hydrogen-bond acceptors (Lipinski definition) is 2. The van der Waals surface area contributed by atoms with Crippen molar-refractivity contribution in [3.63, 3.8) is 0 Å². The van der Waals surface area contributed by atoms with Crippen LogP contribution in [0, 0.1) is 11.3 Å². The van der Waals surface area contributed by atoms with E-state index in [-0.39, 0.29) is 29.6 Å². The van der Waals surface area contributed by atoms with E-state index in [9.17, 15) is 9.59 Å². The SMILES string of the molecule is CC(C)(C)C1CC(=O)N(CC(=O)c2ccc(Cl)c(Cl)c2)C1. The second kappa shape index (κ2) is 5.98. The van der Waals surface area contributed by atoms with Crippen molar-refractivity contribution in [2.24, 2.45) is 11.3 Å². The molecule has 0 radical (unpaired) electrons. The second-order valence-electron chi connectivity index (χ2n) is 6.59. The van der Waals surface area contributed by atoms with Crippen molar-refractivity contribution in [2.75, 3.05) is 13.1 Å². The fourth-order valence-corrected chi connectivity index (χ4v) is 2.74. The summed E-state index contributed by atoms with van der Waals surface area (Å²) < 4.78 is 0. The standard InChI is InChI=1S/C16H19Cl2NO2/c1-16(2,3)11-7-15(21)19(8-11)9-14(20)10-4-5-12(17)13(18)6-10/h4-6,11H,7-9H2,1-3H3. The Hall–Kier alpha value is -1.06. The van der Waals surface area contributed by atoms with Gasteiger partial charge in [0.1, 0.15) is 0 Å². The summed E-state index contributed by atoms with van der Waals surface area (Å²) >= 11 is 11.8. The number of nitrogens with zero attached hydrogens (tertiary/aromatic N) is 1. The number of halogens is 2. The molecule has 1 saturated heterocycles. The quantitative estimate of drug-likeness (QED) is 0.785. The molecule has 3 nitrogen and oxygen atoms in total. The average Bonchev–Trinajstić information content (AvgIpc) is 2.74. The number of benzene rings is 1. The van der Waals surface area contributed by atoms with Crippen LogP contribution < -0.4 is 0 Å². The van der Waals surface area contributed by atoms with E-state index in [2.05, 4.69) is 20.8 Å². The Morgan fingerprint density at radius 3 is 2.48 bits per heavy atom. The van der Waals surface area contributed by atoms with Gasteiger partial charge in [-0.25, -0.2) is 0 Å². The van der Waals surface area contributed by atoms with E-state index in [0.29, 0.717) is 28.6 Å². The first kappa shape index (κ1) is 16.3. The summed E-state index contributed by atoms with van der Waals surface area (Å²) in [5, 5.41) is 0.765. The Morgan fingerprint density at radius 1 is 1.29 bits per heavy atom. The first-order valence-electron chi connectivity index (χ1n) is 6.94. The third kappa shape index (κ3) is 3.78. The van der Waals surface area contributed by atoms with Gasteiger partial charge in [0.05, 0.1) is 16.6 Å². The molecule has 5 heteroatoms. The summed E-state index contributed by atoms with van der Waals surface area (Å²) in [5.74, 6) is 0.214. The summed E-state index contributed by atoms with van der Waals surface area (Å²) in [6.45, 7) is 7.10. The zero-order valence-corrected chi connectivity index (χ0v) is 14.0. The normalized spacial score (nSPS) is 19.2. The van der Waals surface area contributed by atoms with E-state index in [4.69, 9.17) is 23.2 Å². The van der Waals surface area contributed by atoms with Crippen LogP contribution in [0.2, 0.25) is 10.0 Å². The highest BCUT2D eigenvalue weighted by atomic mass is 35.5. The Balaban J connectivity index is 2.06. The van der Waals surface area contributed by atoms with E-state index >= 15 is 0 Å². The number of rotatable bonds is 3. The molecular weight excluding hydrogens is 309 g/mol. The first-order valence-corrected chi connectivity index (χ1v) is 7.70. The minimum absolute atomic E-state index is 0.0448. The Bertz CT molecular complexity index is 578. The molecule has 114 valence electrons. The molecule has 0 aromatic heterocycles. The van der Waals surface area contributed by atoms with Crippen LogP contribution in [0.4, 0.5) is 0 Å². The van der Waals surface area contributed by atoms with Gasteiger partial charge in [0, 0.05) is 18.5 Å². The van der Waals surface area contributed by atoms with Crippen molar-refractivity contribution in [1.29, 1.82) is 0 Å². The lowest BCUT2D eigenvalue weighted by Crippen LogP contribution is -2.32. The van der Waals surface area contributed by atoms with Crippen molar-refractivity contribution in [3.8, 4) is 0 Å². The molecule has 1 aromatic carbocycles. The van der Waals surface area contributed by atoms with Gasteiger partial charge in [-0.05, 0) is 29.5 Å². The summed E-state index contributed by atoms with van der Waals surface area (Å²) in [6, 6.07) is 4.78. The van der Waals surface area contributed by atoms with E-state index in [1.807, 2.05) is 0 Å². The van der Waals surface area contributed by atoms with Crippen LogP contribution in [0.25, 0.3) is 0 Å². The number of hydrogen-bond donors (Lipinski definition) is 0. The summed E-state index contributed by atoms with van der Waals surface area (Å²) in [5.41, 5.74) is 0.549. The molecular formula is C16H19Cl2NO2. The molecule has 0 N–H and O–H groups in total. The summed E-state index contributed by atoms with van der Waals surface area (Å²) in [6.07, 6.45) is 0.512. The predicted molar refractivity (Wildman–Crippen MR) is 84.9 cm³/mol. The van der Waals surface area contributed by atoms with E-state index < -0.39 is 0 Å². The second-order valence-corrected chi connectivity index (χ2v) is 7.41. The van der Waals surface area contributed by atoms with Crippen LogP contribution in [-0.4, -0.2) is 29.7 Å². The number of likely N-dealkylation sites (tertiary alicyclic amines) is 1. The number of carbonyl (C=O) groups is 2. The summed E-state index contributed by atoms with van der Waals surface area (Å²) in [7, 11) is 0. The maximum atomic E-state index is 12.3. The lowest BCUT2D eigenvalue weighted by Gasteiger charge is -2.26. The van der Waals surface area contributed by atoms with Gasteiger partial charge in [0.15, 0.2) is 5.78 Å². The van der Waals surface area contributed by atoms with Crippen LogP contribution in [0.1, 0.15) is 37.6 Å². The molecule has 0 saturated carbocycles. The van der Waals surface area contributed by atoms with Gasteiger partial charge >= 0.3 is 0 Å². The van der Waals surface area contributed by atoms with Gasteiger partial charge in [-0.2, -0.15) is 0 Å². The van der Waals surface area contributed by atoms with E-state index in [1.54, 1.807) is 23.1 Å². The van der Waals surface area contributed by atoms with Gasteiger partial charge in [-0.15, -0.1) is 0 Å². The highest BCUT2D eigenvalue weighted by Gasteiger charge is 2.37. The van der Waals surface area contributed by atoms with Crippen molar-refractivity contribution >= 4 is 34.9 Å². The molecule has 1 amide bonds. The van der Waals surface area contributed by atoms with Crippen LogP contribution in [0.3, 0.4) is 0 Å². The molecule has 1 aromatic rings. The number of ketones is 1. The van der Waals surface area contributed by atoms with Crippen molar-refractivity contribution < 1.29 is 9.59 Å². The first-order chi connectivity index (χ1) is 9.68. The number of Topliss-reactive ketones (excluding diaryl/α,β-unsaturated/α-hetero) is 1. The van der Waals surface area contributed by atoms with Crippen molar-refractivity contribution in [1.82, 2.24) is 4.90 Å². The number of carbonyl (C=O) groups excluding carboxylic acids is 2. The molecule has 1 aliphatic heterocycles. The van der Waals surface area contributed by atoms with Crippen LogP contribution in [0.15, 0.2) is 18.2 Å². The monoisotopic (exact) mass is 327 g/mol. The number of amides is 1. The fraction of sp³-hybridized carbons (Fsp3) is 0.500. The predicted octanol–water partition coefficient (Wildman–Crippen LogP) is 4.07. The largest absolute Gasteiger partial charge is 0.335 e. The fourth-order valence-electron chi connectivity index (χ4n) is 2.44. The van der Waals surface area contributed by atoms with Crippen LogP contribution in [-0.2, 0) is 4.79 Å². The average molecular weight is 328 g/mol. The van der Waals surface area contributed by atoms with Gasteiger partial charge in [-0.1, -0.05) is 44.0 Å². The topological polar surface area (TPSA) is 37.4 Å². The van der Waals surface area contributed by atoms with Gasteiger partial charge in [0.25, 0.3) is 0 Å². The molecule has 0 aliphatic carbocycles. The molecule has 2 rings (SSSR count). The molecule has 1 fully saturated rings. The molecule has 0 spiro atoms. The summed E-state index contributed by atoms with van der Waals surface area (Å²) in [4.78, 5) is 26.0. The van der Waals surface area contributed by atoms with Crippen LogP contribution >= 0.6 is 23.2 Å². The Labute approximate surface area is 135 Å². The highest BCUT2D eigenvalue weighted by molar-refractivity contribution is 6.42. The third-order valence-electron chi connectivity index (χ3n) is 4.02. The zero-order valence-electron chi connectivity index (χ0n) is 12.5. The minimum atomic E-state index is -0.114. The maximum Gasteiger partial charge on any atom is 0.223 e. The molecule has 1 aliphatic rings. The zero-order chi connectivity index (χ0) is 15.8. The Kier molecular flexibility index (Phi) is 4.64. The molecule has 1 unspecified atom stereocenters. The third-order valence-corrected chi connectivity index (χ3v) is 4.75. The Morgan fingerprint density at radius 2 is 1.95 bits per heavy atom. The van der Waals surface area contributed by atoms with Gasteiger partial charge < -0.3 is 4.90 Å². The van der Waals surface area contributed by atoms with Crippen LogP contribution in [0.5, 0.6) is 0 Å². The smallest absolute Gasteiger partial charge is 0.223 e. The van der Waals surface area contributed by atoms with Gasteiger partial charge in [0.2, 0.25) is 5.91 Å². The highest BCUT2D eigenvalue weighted by Crippen LogP contribution is 2.34. The maximum absolute atomic E-state index is 12.3. The lowest BCUT2D eigenvalue weighted by atomic mass is 9.80. The molecule has 0 bridgehead atoms. The molecule has 21 heavy (non-hydrogen) atoms. The van der Waals surface area contributed by atoms with E-state index in [1.165, 1.54) is 0 Å². The molecule has 1 heterocycles. The lowest BCUT2D eigenvalue weighted by molar-refractivity contribution is -0.127.